The molecule has 2 aromatic carbocycles. The SMILES string of the molecule is Cc1ccc(S(=O)(=O)N2CCN(c3cnn(-c4ccccc4)c(=O)c3NCCCN(C)C)CC2)cc1. The number of nitrogens with one attached hydrogen (secondary N) is 1. The van der Waals surface area contributed by atoms with E-state index in [0.717, 1.165) is 18.5 Å². The second kappa shape index (κ2) is 11.2. The number of para-hydroxylation sites is 1. The first kappa shape index (κ1) is 25.9. The van der Waals surface area contributed by atoms with Crippen molar-refractivity contribution < 1.29 is 8.42 Å². The molecule has 36 heavy (non-hydrogen) atoms. The van der Waals surface area contributed by atoms with Crippen LogP contribution in [0, 0.1) is 6.92 Å². The van der Waals surface area contributed by atoms with Gasteiger partial charge in [0.25, 0.3) is 5.56 Å². The van der Waals surface area contributed by atoms with E-state index in [1.165, 1.54) is 8.99 Å². The number of hydrogen-bond acceptors (Lipinski definition) is 7. The van der Waals surface area contributed by atoms with Gasteiger partial charge in [-0.2, -0.15) is 14.1 Å². The summed E-state index contributed by atoms with van der Waals surface area (Å²) in [4.78, 5) is 17.9. The molecule has 9 nitrogen and oxygen atoms in total. The highest BCUT2D eigenvalue weighted by atomic mass is 32.2. The number of anilines is 2. The molecule has 0 spiro atoms. The number of hydrogen-bond donors (Lipinski definition) is 1. The maximum atomic E-state index is 13.5. The Morgan fingerprint density at radius 1 is 0.972 bits per heavy atom. The zero-order valence-electron chi connectivity index (χ0n) is 21.1. The summed E-state index contributed by atoms with van der Waals surface area (Å²) in [5.74, 6) is 0. The molecule has 0 unspecified atom stereocenters. The average molecular weight is 511 g/mol. The van der Waals surface area contributed by atoms with Gasteiger partial charge in [-0.05, 0) is 58.3 Å². The molecule has 10 heteroatoms. The summed E-state index contributed by atoms with van der Waals surface area (Å²) in [5.41, 5.74) is 2.67. The standard InChI is InChI=1S/C26H34N6O3S/c1-21-10-12-23(13-11-21)36(34,35)31-18-16-30(17-19-31)24-20-28-32(22-8-5-4-6-9-22)26(33)25(24)27-14-7-15-29(2)3/h4-6,8-13,20,27H,7,14-19H2,1-3H3. The predicted octanol–water partition coefficient (Wildman–Crippen LogP) is 2.42. The van der Waals surface area contributed by atoms with E-state index in [2.05, 4.69) is 15.3 Å². The van der Waals surface area contributed by atoms with E-state index in [9.17, 15) is 13.2 Å². The molecule has 1 N–H and O–H groups in total. The third kappa shape index (κ3) is 5.77. The molecule has 0 saturated carbocycles. The molecule has 0 aliphatic carbocycles. The van der Waals surface area contributed by atoms with Crippen LogP contribution < -0.4 is 15.8 Å². The van der Waals surface area contributed by atoms with E-state index < -0.39 is 10.0 Å². The Labute approximate surface area is 213 Å². The highest BCUT2D eigenvalue weighted by molar-refractivity contribution is 7.89. The largest absolute Gasteiger partial charge is 0.379 e. The molecular formula is C26H34N6O3S. The van der Waals surface area contributed by atoms with Crippen molar-refractivity contribution in [2.24, 2.45) is 0 Å². The molecule has 0 radical (unpaired) electrons. The van der Waals surface area contributed by atoms with E-state index in [1.54, 1.807) is 18.3 Å². The lowest BCUT2D eigenvalue weighted by molar-refractivity contribution is 0.384. The number of sulfonamides is 1. The minimum absolute atomic E-state index is 0.224. The van der Waals surface area contributed by atoms with Gasteiger partial charge >= 0.3 is 0 Å². The van der Waals surface area contributed by atoms with E-state index >= 15 is 0 Å². The van der Waals surface area contributed by atoms with Crippen LogP contribution in [0.25, 0.3) is 5.69 Å². The maximum Gasteiger partial charge on any atom is 0.296 e. The highest BCUT2D eigenvalue weighted by Crippen LogP contribution is 2.25. The zero-order valence-corrected chi connectivity index (χ0v) is 21.9. The molecule has 0 atom stereocenters. The second-order valence-corrected chi connectivity index (χ2v) is 11.2. The Hall–Kier alpha value is -3.21. The van der Waals surface area contributed by atoms with Crippen molar-refractivity contribution in [1.29, 1.82) is 0 Å². The number of rotatable bonds is 9. The number of aryl methyl sites for hydroxylation is 1. The minimum Gasteiger partial charge on any atom is -0.379 e. The van der Waals surface area contributed by atoms with E-state index in [-0.39, 0.29) is 5.56 Å². The van der Waals surface area contributed by atoms with Gasteiger partial charge in [0.15, 0.2) is 0 Å². The van der Waals surface area contributed by atoms with Crippen LogP contribution in [0.5, 0.6) is 0 Å². The quantitative estimate of drug-likeness (QED) is 0.442. The summed E-state index contributed by atoms with van der Waals surface area (Å²) < 4.78 is 29.1. The van der Waals surface area contributed by atoms with Crippen LogP contribution in [0.3, 0.4) is 0 Å². The Morgan fingerprint density at radius 2 is 1.64 bits per heavy atom. The van der Waals surface area contributed by atoms with Gasteiger partial charge in [0.05, 0.1) is 22.5 Å². The number of nitrogens with zero attached hydrogens (tertiary/aromatic N) is 5. The van der Waals surface area contributed by atoms with Crippen LogP contribution in [0.1, 0.15) is 12.0 Å². The van der Waals surface area contributed by atoms with Gasteiger partial charge in [-0.3, -0.25) is 4.79 Å². The van der Waals surface area contributed by atoms with E-state index in [4.69, 9.17) is 0 Å². The highest BCUT2D eigenvalue weighted by Gasteiger charge is 2.30. The molecule has 2 heterocycles. The van der Waals surface area contributed by atoms with Gasteiger partial charge in [-0.15, -0.1) is 0 Å². The first-order valence-electron chi connectivity index (χ1n) is 12.2. The van der Waals surface area contributed by atoms with Crippen LogP contribution in [0.4, 0.5) is 11.4 Å². The van der Waals surface area contributed by atoms with Crippen molar-refractivity contribution in [2.75, 3.05) is 63.6 Å². The molecule has 1 aliphatic heterocycles. The van der Waals surface area contributed by atoms with Crippen LogP contribution in [-0.4, -0.2) is 80.8 Å². The van der Waals surface area contributed by atoms with Gasteiger partial charge in [0.1, 0.15) is 5.69 Å². The van der Waals surface area contributed by atoms with Gasteiger partial charge in [0.2, 0.25) is 10.0 Å². The maximum absolute atomic E-state index is 13.5. The third-order valence-corrected chi connectivity index (χ3v) is 8.19. The Balaban J connectivity index is 1.56. The molecule has 4 rings (SSSR count). The molecule has 1 saturated heterocycles. The second-order valence-electron chi connectivity index (χ2n) is 9.25. The number of aromatic nitrogens is 2. The smallest absolute Gasteiger partial charge is 0.296 e. The molecule has 0 amide bonds. The van der Waals surface area contributed by atoms with Crippen LogP contribution in [0.15, 0.2) is 70.5 Å². The van der Waals surface area contributed by atoms with Crippen molar-refractivity contribution >= 4 is 21.4 Å². The fraction of sp³-hybridized carbons (Fsp3) is 0.385. The molecule has 1 aliphatic rings. The fourth-order valence-corrected chi connectivity index (χ4v) is 5.66. The summed E-state index contributed by atoms with van der Waals surface area (Å²) >= 11 is 0. The Bertz CT molecular complexity index is 1320. The molecule has 1 aromatic heterocycles. The Kier molecular flexibility index (Phi) is 8.07. The van der Waals surface area contributed by atoms with Crippen LogP contribution in [-0.2, 0) is 10.0 Å². The third-order valence-electron chi connectivity index (χ3n) is 6.28. The van der Waals surface area contributed by atoms with E-state index in [0.29, 0.717) is 54.7 Å². The molecule has 0 bridgehead atoms. The van der Waals surface area contributed by atoms with Gasteiger partial charge in [-0.1, -0.05) is 35.9 Å². The molecule has 1 fully saturated rings. The molecule has 3 aromatic rings. The minimum atomic E-state index is -3.57. The summed E-state index contributed by atoms with van der Waals surface area (Å²) in [7, 11) is 0.470. The summed E-state index contributed by atoms with van der Waals surface area (Å²) in [6.45, 7) is 5.07. The normalized spacial score (nSPS) is 14.8. The van der Waals surface area contributed by atoms with Crippen molar-refractivity contribution in [1.82, 2.24) is 19.0 Å². The lowest BCUT2D eigenvalue weighted by atomic mass is 10.2. The van der Waals surface area contributed by atoms with Crippen molar-refractivity contribution in [3.8, 4) is 5.69 Å². The van der Waals surface area contributed by atoms with Crippen LogP contribution >= 0.6 is 0 Å². The monoisotopic (exact) mass is 510 g/mol. The first-order chi connectivity index (χ1) is 17.3. The van der Waals surface area contributed by atoms with Gasteiger partial charge in [-0.25, -0.2) is 8.42 Å². The summed E-state index contributed by atoms with van der Waals surface area (Å²) in [5, 5.41) is 7.79. The summed E-state index contributed by atoms with van der Waals surface area (Å²) in [6, 6.07) is 16.3. The van der Waals surface area contributed by atoms with Crippen LogP contribution in [0.2, 0.25) is 0 Å². The Morgan fingerprint density at radius 3 is 2.28 bits per heavy atom. The fourth-order valence-electron chi connectivity index (χ4n) is 4.24. The zero-order chi connectivity index (χ0) is 25.7. The van der Waals surface area contributed by atoms with E-state index in [1.807, 2.05) is 68.4 Å². The molecule has 192 valence electrons. The summed E-state index contributed by atoms with van der Waals surface area (Å²) in [6.07, 6.45) is 2.58. The number of piperazine rings is 1. The molecular weight excluding hydrogens is 476 g/mol. The van der Waals surface area contributed by atoms with Crippen molar-refractivity contribution in [2.45, 2.75) is 18.2 Å². The predicted molar refractivity (Wildman–Crippen MR) is 144 cm³/mol. The van der Waals surface area contributed by atoms with Crippen molar-refractivity contribution in [3.05, 3.63) is 76.7 Å². The van der Waals surface area contributed by atoms with Gasteiger partial charge < -0.3 is 15.1 Å². The first-order valence-corrected chi connectivity index (χ1v) is 13.6. The lowest BCUT2D eigenvalue weighted by Crippen LogP contribution is -2.49. The topological polar surface area (TPSA) is 90.8 Å². The lowest BCUT2D eigenvalue weighted by Gasteiger charge is -2.36. The number of benzene rings is 2. The average Bonchev–Trinajstić information content (AvgIpc) is 2.88. The van der Waals surface area contributed by atoms with Crippen molar-refractivity contribution in [3.63, 3.8) is 0 Å². The van der Waals surface area contributed by atoms with Gasteiger partial charge in [0, 0.05) is 32.7 Å².